The van der Waals surface area contributed by atoms with E-state index in [9.17, 15) is 9.59 Å². The second-order valence-electron chi connectivity index (χ2n) is 6.19. The third-order valence-corrected chi connectivity index (χ3v) is 5.65. The number of nitrogens with zero attached hydrogens (tertiary/aromatic N) is 1. The Balaban J connectivity index is 1.61. The third kappa shape index (κ3) is 4.80. The highest BCUT2D eigenvalue weighted by Crippen LogP contribution is 2.37. The maximum atomic E-state index is 12.6. The molecule has 0 saturated carbocycles. The first-order valence-electron chi connectivity index (χ1n) is 8.49. The van der Waals surface area contributed by atoms with E-state index in [4.69, 9.17) is 16.3 Å². The van der Waals surface area contributed by atoms with Gasteiger partial charge in [0.1, 0.15) is 0 Å². The number of rotatable bonds is 4. The summed E-state index contributed by atoms with van der Waals surface area (Å²) in [5.41, 5.74) is 1.69. The molecule has 1 atom stereocenters. The summed E-state index contributed by atoms with van der Waals surface area (Å²) in [6.45, 7) is 2.53. The fourth-order valence-corrected chi connectivity index (χ4v) is 4.02. The van der Waals surface area contributed by atoms with Gasteiger partial charge in [-0.05, 0) is 36.2 Å². The number of hydrogen-bond acceptors (Lipinski definition) is 4. The lowest BCUT2D eigenvalue weighted by atomic mass is 10.1. The van der Waals surface area contributed by atoms with E-state index in [1.54, 1.807) is 40.9 Å². The van der Waals surface area contributed by atoms with Gasteiger partial charge in [0.05, 0.1) is 12.1 Å². The molecule has 0 fully saturated rings. The first-order chi connectivity index (χ1) is 12.5. The van der Waals surface area contributed by atoms with E-state index < -0.39 is 5.97 Å². The summed E-state index contributed by atoms with van der Waals surface area (Å²) in [7, 11) is 0. The molecule has 1 aliphatic rings. The first-order valence-corrected chi connectivity index (χ1v) is 9.75. The normalized spacial score (nSPS) is 16.5. The van der Waals surface area contributed by atoms with E-state index in [1.165, 1.54) is 0 Å². The standard InChI is InChI=1S/C20H20ClNO3S/c1-14-10-11-22(17-4-2-3-5-18(17)26-14)19(23)13-25-20(24)12-15-6-8-16(21)9-7-15/h2-9,14H,10-13H2,1H3/t14-/m1/s1. The monoisotopic (exact) mass is 389 g/mol. The predicted octanol–water partition coefficient (Wildman–Crippen LogP) is 4.34. The summed E-state index contributed by atoms with van der Waals surface area (Å²) in [6.07, 6.45) is 1.01. The zero-order chi connectivity index (χ0) is 18.5. The SMILES string of the molecule is C[C@@H]1CCN(C(=O)COC(=O)Cc2ccc(Cl)cc2)c2ccccc2S1. The largest absolute Gasteiger partial charge is 0.455 e. The highest BCUT2D eigenvalue weighted by atomic mass is 35.5. The fraction of sp³-hybridized carbons (Fsp3) is 0.300. The van der Waals surface area contributed by atoms with Gasteiger partial charge in [0.15, 0.2) is 6.61 Å². The summed E-state index contributed by atoms with van der Waals surface area (Å²) in [4.78, 5) is 27.5. The van der Waals surface area contributed by atoms with Crippen LogP contribution in [0.4, 0.5) is 5.69 Å². The van der Waals surface area contributed by atoms with Crippen molar-refractivity contribution in [2.45, 2.75) is 29.9 Å². The number of carbonyl (C=O) groups excluding carboxylic acids is 2. The Morgan fingerprint density at radius 2 is 1.92 bits per heavy atom. The van der Waals surface area contributed by atoms with Crippen LogP contribution in [0.1, 0.15) is 18.9 Å². The van der Waals surface area contributed by atoms with Crippen molar-refractivity contribution in [3.8, 4) is 0 Å². The van der Waals surface area contributed by atoms with Crippen molar-refractivity contribution in [2.75, 3.05) is 18.1 Å². The summed E-state index contributed by atoms with van der Waals surface area (Å²) < 4.78 is 5.20. The first kappa shape index (κ1) is 18.8. The average molecular weight is 390 g/mol. The van der Waals surface area contributed by atoms with Crippen molar-refractivity contribution in [2.24, 2.45) is 0 Å². The van der Waals surface area contributed by atoms with Crippen molar-refractivity contribution >= 4 is 40.9 Å². The minimum Gasteiger partial charge on any atom is -0.455 e. The molecule has 0 radical (unpaired) electrons. The molecular weight excluding hydrogens is 370 g/mol. The van der Waals surface area contributed by atoms with E-state index in [0.717, 1.165) is 22.6 Å². The van der Waals surface area contributed by atoms with Gasteiger partial charge in [0.2, 0.25) is 0 Å². The molecule has 1 aliphatic heterocycles. The van der Waals surface area contributed by atoms with Gasteiger partial charge >= 0.3 is 5.97 Å². The van der Waals surface area contributed by atoms with Crippen LogP contribution in [0.25, 0.3) is 0 Å². The van der Waals surface area contributed by atoms with Crippen LogP contribution in [0.5, 0.6) is 0 Å². The Morgan fingerprint density at radius 3 is 2.69 bits per heavy atom. The molecule has 0 N–H and O–H groups in total. The van der Waals surface area contributed by atoms with E-state index >= 15 is 0 Å². The van der Waals surface area contributed by atoms with Gasteiger partial charge in [0, 0.05) is 21.7 Å². The van der Waals surface area contributed by atoms with Crippen LogP contribution >= 0.6 is 23.4 Å². The third-order valence-electron chi connectivity index (χ3n) is 4.16. The molecule has 2 aromatic carbocycles. The van der Waals surface area contributed by atoms with Crippen LogP contribution in [-0.2, 0) is 20.7 Å². The Hall–Kier alpha value is -1.98. The summed E-state index contributed by atoms with van der Waals surface area (Å²) >= 11 is 7.60. The van der Waals surface area contributed by atoms with Gasteiger partial charge in [-0.15, -0.1) is 11.8 Å². The number of anilines is 1. The Kier molecular flexibility index (Phi) is 6.22. The van der Waals surface area contributed by atoms with Crippen LogP contribution < -0.4 is 4.90 Å². The molecule has 6 heteroatoms. The molecule has 1 amide bonds. The van der Waals surface area contributed by atoms with E-state index in [2.05, 4.69) is 6.92 Å². The van der Waals surface area contributed by atoms with Crippen molar-refractivity contribution in [1.82, 2.24) is 0 Å². The molecule has 0 unspecified atom stereocenters. The number of hydrogen-bond donors (Lipinski definition) is 0. The van der Waals surface area contributed by atoms with Crippen LogP contribution in [-0.4, -0.2) is 30.3 Å². The van der Waals surface area contributed by atoms with Crippen molar-refractivity contribution in [1.29, 1.82) is 0 Å². The summed E-state index contributed by atoms with van der Waals surface area (Å²) in [5.74, 6) is -0.622. The molecule has 0 saturated heterocycles. The number of ether oxygens (including phenoxy) is 1. The maximum Gasteiger partial charge on any atom is 0.310 e. The number of thioether (sulfide) groups is 1. The minimum atomic E-state index is -0.425. The van der Waals surface area contributed by atoms with Crippen LogP contribution in [0.15, 0.2) is 53.4 Å². The zero-order valence-corrected chi connectivity index (χ0v) is 16.1. The maximum absolute atomic E-state index is 12.6. The molecular formula is C20H20ClNO3S. The van der Waals surface area contributed by atoms with E-state index in [1.807, 2.05) is 24.3 Å². The summed E-state index contributed by atoms with van der Waals surface area (Å²) in [5, 5.41) is 1.05. The lowest BCUT2D eigenvalue weighted by Crippen LogP contribution is -2.36. The number of para-hydroxylation sites is 1. The summed E-state index contributed by atoms with van der Waals surface area (Å²) in [6, 6.07) is 14.8. The number of benzene rings is 2. The lowest BCUT2D eigenvalue weighted by Gasteiger charge is -2.22. The quantitative estimate of drug-likeness (QED) is 0.729. The Labute approximate surface area is 162 Å². The second-order valence-corrected chi connectivity index (χ2v) is 8.11. The van der Waals surface area contributed by atoms with Crippen LogP contribution in [0.3, 0.4) is 0 Å². The van der Waals surface area contributed by atoms with Gasteiger partial charge in [-0.3, -0.25) is 9.59 Å². The van der Waals surface area contributed by atoms with Gasteiger partial charge in [0.25, 0.3) is 5.91 Å². The topological polar surface area (TPSA) is 46.6 Å². The smallest absolute Gasteiger partial charge is 0.310 e. The Bertz CT molecular complexity index is 794. The van der Waals surface area contributed by atoms with E-state index in [0.29, 0.717) is 16.8 Å². The molecule has 0 aromatic heterocycles. The van der Waals surface area contributed by atoms with Gasteiger partial charge < -0.3 is 9.64 Å². The fourth-order valence-electron chi connectivity index (χ4n) is 2.79. The van der Waals surface area contributed by atoms with Crippen LogP contribution in [0, 0.1) is 0 Å². The molecule has 0 aliphatic carbocycles. The minimum absolute atomic E-state index is 0.119. The number of amides is 1. The molecule has 3 rings (SSSR count). The second kappa shape index (κ2) is 8.60. The lowest BCUT2D eigenvalue weighted by molar-refractivity contribution is -0.147. The van der Waals surface area contributed by atoms with E-state index in [-0.39, 0.29) is 18.9 Å². The molecule has 1 heterocycles. The highest BCUT2D eigenvalue weighted by Gasteiger charge is 2.24. The average Bonchev–Trinajstić information content (AvgIpc) is 2.80. The predicted molar refractivity (Wildman–Crippen MR) is 105 cm³/mol. The van der Waals surface area contributed by atoms with Crippen molar-refractivity contribution in [3.05, 3.63) is 59.1 Å². The molecule has 4 nitrogen and oxygen atoms in total. The molecule has 0 bridgehead atoms. The van der Waals surface area contributed by atoms with Gasteiger partial charge in [-0.25, -0.2) is 0 Å². The molecule has 26 heavy (non-hydrogen) atoms. The number of halogens is 1. The van der Waals surface area contributed by atoms with Gasteiger partial charge in [-0.1, -0.05) is 42.8 Å². The van der Waals surface area contributed by atoms with Crippen LogP contribution in [0.2, 0.25) is 5.02 Å². The van der Waals surface area contributed by atoms with Gasteiger partial charge in [-0.2, -0.15) is 0 Å². The number of fused-ring (bicyclic) bond motifs is 1. The molecule has 0 spiro atoms. The highest BCUT2D eigenvalue weighted by molar-refractivity contribution is 8.00. The van der Waals surface area contributed by atoms with Crippen molar-refractivity contribution < 1.29 is 14.3 Å². The number of carbonyl (C=O) groups is 2. The molecule has 2 aromatic rings. The van der Waals surface area contributed by atoms with Crippen molar-refractivity contribution in [3.63, 3.8) is 0 Å². The Morgan fingerprint density at radius 1 is 1.19 bits per heavy atom. The molecule has 136 valence electrons. The zero-order valence-electron chi connectivity index (χ0n) is 14.5. The number of esters is 1.